The molecular formula is C13H26N4O2S. The quantitative estimate of drug-likeness (QED) is 0.791. The Hall–Kier alpha value is -0.920. The minimum Gasteiger partial charge on any atom is -0.329 e. The third-order valence-electron chi connectivity index (χ3n) is 3.48. The standard InChI is InChI=1S/C13H26N4O2S/c1-6-12(9(2)3)16-20(18,19)13-10(4)15-17(8-7-14)11(13)5/h9,12,16H,6-8,14H2,1-5H3. The molecule has 0 radical (unpaired) electrons. The van der Waals surface area contributed by atoms with E-state index in [1.54, 1.807) is 18.5 Å². The van der Waals surface area contributed by atoms with Crippen molar-refractivity contribution in [2.24, 2.45) is 11.7 Å². The van der Waals surface area contributed by atoms with Crippen molar-refractivity contribution in [2.75, 3.05) is 6.54 Å². The van der Waals surface area contributed by atoms with Crippen molar-refractivity contribution in [2.45, 2.75) is 58.5 Å². The summed E-state index contributed by atoms with van der Waals surface area (Å²) in [6.45, 7) is 10.4. The summed E-state index contributed by atoms with van der Waals surface area (Å²) >= 11 is 0. The zero-order valence-corrected chi connectivity index (χ0v) is 13.8. The van der Waals surface area contributed by atoms with E-state index in [1.165, 1.54) is 0 Å². The zero-order chi connectivity index (χ0) is 15.5. The Morgan fingerprint density at radius 2 is 1.95 bits per heavy atom. The molecule has 1 rings (SSSR count). The maximum absolute atomic E-state index is 12.6. The molecule has 20 heavy (non-hydrogen) atoms. The molecule has 1 aromatic rings. The topological polar surface area (TPSA) is 90.0 Å². The molecule has 0 aromatic carbocycles. The Kier molecular flexibility index (Phi) is 5.73. The summed E-state index contributed by atoms with van der Waals surface area (Å²) in [7, 11) is -3.55. The Morgan fingerprint density at radius 3 is 2.40 bits per heavy atom. The average Bonchev–Trinajstić information content (AvgIpc) is 2.62. The van der Waals surface area contributed by atoms with Crippen LogP contribution < -0.4 is 10.5 Å². The average molecular weight is 302 g/mol. The van der Waals surface area contributed by atoms with Crippen LogP contribution in [0.5, 0.6) is 0 Å². The van der Waals surface area contributed by atoms with Gasteiger partial charge in [-0.2, -0.15) is 5.10 Å². The van der Waals surface area contributed by atoms with Crippen molar-refractivity contribution in [3.05, 3.63) is 11.4 Å². The van der Waals surface area contributed by atoms with E-state index in [2.05, 4.69) is 9.82 Å². The fourth-order valence-corrected chi connectivity index (χ4v) is 4.24. The number of hydrogen-bond acceptors (Lipinski definition) is 4. The molecule has 0 spiro atoms. The third-order valence-corrected chi connectivity index (χ3v) is 5.22. The van der Waals surface area contributed by atoms with E-state index in [0.717, 1.165) is 6.42 Å². The predicted octanol–water partition coefficient (Wildman–Crippen LogP) is 1.17. The smallest absolute Gasteiger partial charge is 0.244 e. The molecule has 0 bridgehead atoms. The first-order valence-corrected chi connectivity index (χ1v) is 8.49. The molecule has 0 aliphatic rings. The summed E-state index contributed by atoms with van der Waals surface area (Å²) in [6, 6.07) is -0.0725. The fraction of sp³-hybridized carbons (Fsp3) is 0.769. The van der Waals surface area contributed by atoms with Gasteiger partial charge in [-0.1, -0.05) is 20.8 Å². The molecule has 0 amide bonds. The van der Waals surface area contributed by atoms with Crippen LogP contribution >= 0.6 is 0 Å². The highest BCUT2D eigenvalue weighted by Crippen LogP contribution is 2.20. The predicted molar refractivity (Wildman–Crippen MR) is 80.0 cm³/mol. The van der Waals surface area contributed by atoms with Crippen molar-refractivity contribution in [3.8, 4) is 0 Å². The molecule has 1 heterocycles. The summed E-state index contributed by atoms with van der Waals surface area (Å²) in [5.41, 5.74) is 6.67. The van der Waals surface area contributed by atoms with Gasteiger partial charge in [0.25, 0.3) is 0 Å². The number of rotatable bonds is 7. The molecule has 0 aliphatic carbocycles. The molecule has 0 saturated carbocycles. The number of nitrogens with two attached hydrogens (primary N) is 1. The number of aryl methyl sites for hydroxylation is 1. The Morgan fingerprint density at radius 1 is 1.35 bits per heavy atom. The van der Waals surface area contributed by atoms with Gasteiger partial charge in [0.15, 0.2) is 0 Å². The maximum atomic E-state index is 12.6. The number of hydrogen-bond donors (Lipinski definition) is 2. The number of nitrogens with one attached hydrogen (secondary N) is 1. The van der Waals surface area contributed by atoms with Crippen LogP contribution in [0.15, 0.2) is 4.90 Å². The molecular weight excluding hydrogens is 276 g/mol. The summed E-state index contributed by atoms with van der Waals surface area (Å²) in [5.74, 6) is 0.245. The zero-order valence-electron chi connectivity index (χ0n) is 13.0. The monoisotopic (exact) mass is 302 g/mol. The van der Waals surface area contributed by atoms with E-state index in [4.69, 9.17) is 5.73 Å². The van der Waals surface area contributed by atoms with Gasteiger partial charge in [-0.05, 0) is 26.2 Å². The molecule has 1 aromatic heterocycles. The van der Waals surface area contributed by atoms with Crippen LogP contribution in [0.1, 0.15) is 38.6 Å². The molecule has 1 atom stereocenters. The highest BCUT2D eigenvalue weighted by atomic mass is 32.2. The van der Waals surface area contributed by atoms with Crippen LogP contribution in [-0.2, 0) is 16.6 Å². The summed E-state index contributed by atoms with van der Waals surface area (Å²) in [6.07, 6.45) is 0.756. The first-order valence-electron chi connectivity index (χ1n) is 7.01. The first-order chi connectivity index (χ1) is 9.24. The van der Waals surface area contributed by atoms with E-state index < -0.39 is 10.0 Å². The van der Waals surface area contributed by atoms with Gasteiger partial charge < -0.3 is 5.73 Å². The summed E-state index contributed by atoms with van der Waals surface area (Å²) in [5, 5.41) is 4.26. The summed E-state index contributed by atoms with van der Waals surface area (Å²) < 4.78 is 29.6. The molecule has 7 heteroatoms. The van der Waals surface area contributed by atoms with E-state index >= 15 is 0 Å². The Balaban J connectivity index is 3.16. The molecule has 6 nitrogen and oxygen atoms in total. The Bertz CT molecular complexity index is 549. The van der Waals surface area contributed by atoms with Crippen LogP contribution in [0.2, 0.25) is 0 Å². The number of nitrogens with zero attached hydrogens (tertiary/aromatic N) is 2. The largest absolute Gasteiger partial charge is 0.329 e. The second-order valence-corrected chi connectivity index (χ2v) is 7.04. The lowest BCUT2D eigenvalue weighted by Gasteiger charge is -2.20. The van der Waals surface area contributed by atoms with Gasteiger partial charge in [-0.3, -0.25) is 4.68 Å². The highest BCUT2D eigenvalue weighted by Gasteiger charge is 2.27. The van der Waals surface area contributed by atoms with Crippen molar-refractivity contribution in [1.82, 2.24) is 14.5 Å². The lowest BCUT2D eigenvalue weighted by Crippen LogP contribution is -2.38. The SMILES string of the molecule is CCC(NS(=O)(=O)c1c(C)nn(CCN)c1C)C(C)C. The second-order valence-electron chi connectivity index (χ2n) is 5.39. The van der Waals surface area contributed by atoms with Crippen LogP contribution in [-0.4, -0.2) is 30.8 Å². The minimum atomic E-state index is -3.55. The molecule has 0 fully saturated rings. The van der Waals surface area contributed by atoms with Crippen LogP contribution in [0.4, 0.5) is 0 Å². The van der Waals surface area contributed by atoms with Crippen LogP contribution in [0, 0.1) is 19.8 Å². The van der Waals surface area contributed by atoms with Gasteiger partial charge in [0, 0.05) is 12.6 Å². The minimum absolute atomic E-state index is 0.0725. The van der Waals surface area contributed by atoms with Gasteiger partial charge >= 0.3 is 0 Å². The van der Waals surface area contributed by atoms with Crippen molar-refractivity contribution < 1.29 is 8.42 Å². The van der Waals surface area contributed by atoms with E-state index in [1.807, 2.05) is 20.8 Å². The maximum Gasteiger partial charge on any atom is 0.244 e. The van der Waals surface area contributed by atoms with Crippen LogP contribution in [0.3, 0.4) is 0 Å². The van der Waals surface area contributed by atoms with Gasteiger partial charge in [-0.15, -0.1) is 0 Å². The lowest BCUT2D eigenvalue weighted by molar-refractivity contribution is 0.437. The third kappa shape index (κ3) is 3.59. The molecule has 0 saturated heterocycles. The summed E-state index contributed by atoms with van der Waals surface area (Å²) in [4.78, 5) is 0.282. The van der Waals surface area contributed by atoms with Crippen molar-refractivity contribution in [1.29, 1.82) is 0 Å². The van der Waals surface area contributed by atoms with Gasteiger partial charge in [-0.25, -0.2) is 13.1 Å². The second kappa shape index (κ2) is 6.69. The van der Waals surface area contributed by atoms with Crippen molar-refractivity contribution in [3.63, 3.8) is 0 Å². The lowest BCUT2D eigenvalue weighted by atomic mass is 10.0. The van der Waals surface area contributed by atoms with Gasteiger partial charge in [0.1, 0.15) is 4.90 Å². The number of aromatic nitrogens is 2. The molecule has 0 aliphatic heterocycles. The van der Waals surface area contributed by atoms with E-state index in [9.17, 15) is 8.42 Å². The van der Waals surface area contributed by atoms with Crippen LogP contribution in [0.25, 0.3) is 0 Å². The first kappa shape index (κ1) is 17.1. The van der Waals surface area contributed by atoms with E-state index in [0.29, 0.717) is 24.5 Å². The molecule has 3 N–H and O–H groups in total. The highest BCUT2D eigenvalue weighted by molar-refractivity contribution is 7.89. The van der Waals surface area contributed by atoms with Gasteiger partial charge in [0.2, 0.25) is 10.0 Å². The Labute approximate surface area is 121 Å². The molecule has 116 valence electrons. The fourth-order valence-electron chi connectivity index (χ4n) is 2.36. The number of sulfonamides is 1. The normalized spacial score (nSPS) is 13.9. The van der Waals surface area contributed by atoms with Crippen molar-refractivity contribution >= 4 is 10.0 Å². The molecule has 1 unspecified atom stereocenters. The van der Waals surface area contributed by atoms with E-state index in [-0.39, 0.29) is 16.9 Å². The van der Waals surface area contributed by atoms with Gasteiger partial charge in [0.05, 0.1) is 17.9 Å².